The highest BCUT2D eigenvalue weighted by Gasteiger charge is 2.10. The molecule has 0 saturated heterocycles. The molecule has 6 heteroatoms. The molecule has 0 amide bonds. The minimum Gasteiger partial charge on any atom is -0.308 e. The molecule has 0 bridgehead atoms. The van der Waals surface area contributed by atoms with E-state index in [4.69, 9.17) is 5.84 Å². The van der Waals surface area contributed by atoms with Gasteiger partial charge in [-0.25, -0.2) is 15.8 Å². The maximum Gasteiger partial charge on any atom is 0.171 e. The third-order valence-corrected chi connectivity index (χ3v) is 4.64. The van der Waals surface area contributed by atoms with Crippen LogP contribution in [0.15, 0.2) is 16.6 Å². The van der Waals surface area contributed by atoms with Gasteiger partial charge < -0.3 is 5.43 Å². The summed E-state index contributed by atoms with van der Waals surface area (Å²) in [6, 6.07) is 3.94. The number of thiophene rings is 1. The molecule has 4 nitrogen and oxygen atoms in total. The van der Waals surface area contributed by atoms with Crippen LogP contribution in [0.3, 0.4) is 0 Å². The first kappa shape index (κ1) is 13.5. The first-order valence-corrected chi connectivity index (χ1v) is 7.36. The molecule has 0 atom stereocenters. The summed E-state index contributed by atoms with van der Waals surface area (Å²) in [5, 5.41) is 0. The average molecular weight is 327 g/mol. The van der Waals surface area contributed by atoms with E-state index >= 15 is 0 Å². The molecule has 2 aromatic heterocycles. The molecule has 0 aliphatic rings. The average Bonchev–Trinajstić information content (AvgIpc) is 2.70. The predicted molar refractivity (Wildman–Crippen MR) is 79.6 cm³/mol. The zero-order valence-electron chi connectivity index (χ0n) is 10.3. The van der Waals surface area contributed by atoms with E-state index < -0.39 is 0 Å². The molecule has 0 fully saturated rings. The van der Waals surface area contributed by atoms with Gasteiger partial charge in [-0.15, -0.1) is 11.3 Å². The van der Waals surface area contributed by atoms with Crippen LogP contribution in [-0.4, -0.2) is 9.97 Å². The molecule has 3 N–H and O–H groups in total. The van der Waals surface area contributed by atoms with E-state index in [1.807, 2.05) is 12.1 Å². The van der Waals surface area contributed by atoms with Gasteiger partial charge in [-0.2, -0.15) is 0 Å². The fourth-order valence-electron chi connectivity index (χ4n) is 1.64. The van der Waals surface area contributed by atoms with Gasteiger partial charge in [-0.1, -0.05) is 13.3 Å². The van der Waals surface area contributed by atoms with Gasteiger partial charge >= 0.3 is 0 Å². The van der Waals surface area contributed by atoms with Crippen molar-refractivity contribution in [2.45, 2.75) is 26.7 Å². The number of nitrogens with zero attached hydrogens (tertiary/aromatic N) is 2. The monoisotopic (exact) mass is 326 g/mol. The molecule has 2 heterocycles. The van der Waals surface area contributed by atoms with Gasteiger partial charge in [-0.3, -0.25) is 0 Å². The normalized spacial score (nSPS) is 10.7. The summed E-state index contributed by atoms with van der Waals surface area (Å²) in [6.07, 6.45) is 1.98. The second kappa shape index (κ2) is 5.77. The molecular weight excluding hydrogens is 312 g/mol. The van der Waals surface area contributed by atoms with E-state index in [1.165, 1.54) is 4.88 Å². The number of nitrogen functional groups attached to an aromatic ring is 1. The molecule has 0 saturated carbocycles. The van der Waals surface area contributed by atoms with Crippen LogP contribution in [0.2, 0.25) is 0 Å². The van der Waals surface area contributed by atoms with Crippen molar-refractivity contribution in [1.29, 1.82) is 0 Å². The van der Waals surface area contributed by atoms with Crippen LogP contribution in [-0.2, 0) is 6.42 Å². The fraction of sp³-hybridized carbons (Fsp3) is 0.333. The number of anilines is 1. The van der Waals surface area contributed by atoms with Crippen molar-refractivity contribution in [3.8, 4) is 10.7 Å². The predicted octanol–water partition coefficient (Wildman–Crippen LogP) is 3.51. The third kappa shape index (κ3) is 2.88. The zero-order chi connectivity index (χ0) is 13.1. The Kier molecular flexibility index (Phi) is 4.31. The van der Waals surface area contributed by atoms with Crippen molar-refractivity contribution in [3.05, 3.63) is 27.2 Å². The second-order valence-corrected chi connectivity index (χ2v) is 6.09. The maximum absolute atomic E-state index is 5.45. The van der Waals surface area contributed by atoms with Crippen LogP contribution < -0.4 is 11.3 Å². The zero-order valence-corrected chi connectivity index (χ0v) is 12.7. The van der Waals surface area contributed by atoms with Crippen molar-refractivity contribution >= 4 is 33.1 Å². The van der Waals surface area contributed by atoms with Gasteiger partial charge in [0.05, 0.1) is 4.88 Å². The topological polar surface area (TPSA) is 63.8 Å². The van der Waals surface area contributed by atoms with Crippen LogP contribution >= 0.6 is 27.3 Å². The van der Waals surface area contributed by atoms with E-state index in [2.05, 4.69) is 45.2 Å². The fourth-order valence-corrected chi connectivity index (χ4v) is 3.10. The van der Waals surface area contributed by atoms with Gasteiger partial charge in [0, 0.05) is 21.1 Å². The molecule has 96 valence electrons. The van der Waals surface area contributed by atoms with Crippen molar-refractivity contribution < 1.29 is 0 Å². The van der Waals surface area contributed by atoms with Gasteiger partial charge in [0.2, 0.25) is 0 Å². The highest BCUT2D eigenvalue weighted by atomic mass is 79.9. The number of hydrazine groups is 1. The highest BCUT2D eigenvalue weighted by molar-refractivity contribution is 9.10. The quantitative estimate of drug-likeness (QED) is 0.666. The lowest BCUT2D eigenvalue weighted by molar-refractivity contribution is 0.876. The Bertz CT molecular complexity index is 534. The smallest absolute Gasteiger partial charge is 0.171 e. The van der Waals surface area contributed by atoms with E-state index in [-0.39, 0.29) is 0 Å². The molecule has 0 aliphatic heterocycles. The van der Waals surface area contributed by atoms with Crippen LogP contribution in [0.25, 0.3) is 10.7 Å². The van der Waals surface area contributed by atoms with Gasteiger partial charge in [0.25, 0.3) is 0 Å². The van der Waals surface area contributed by atoms with Gasteiger partial charge in [-0.05, 0) is 35.3 Å². The molecule has 0 unspecified atom stereocenters. The Balaban J connectivity index is 2.45. The number of hydrogen-bond donors (Lipinski definition) is 2. The van der Waals surface area contributed by atoms with E-state index in [0.717, 1.165) is 33.7 Å². The molecule has 0 aromatic carbocycles. The van der Waals surface area contributed by atoms with Crippen molar-refractivity contribution in [1.82, 2.24) is 9.97 Å². The summed E-state index contributed by atoms with van der Waals surface area (Å²) >= 11 is 5.19. The summed E-state index contributed by atoms with van der Waals surface area (Å²) in [7, 11) is 0. The van der Waals surface area contributed by atoms with Crippen LogP contribution in [0.5, 0.6) is 0 Å². The van der Waals surface area contributed by atoms with Crippen LogP contribution in [0.4, 0.5) is 5.82 Å². The standard InChI is InChI=1S/C12H15BrN4S/c1-3-4-8-5-11(17-14)16-12(15-8)10-6-9(13)7(2)18-10/h5-6H,3-4,14H2,1-2H3,(H,15,16,17). The Morgan fingerprint density at radius 1 is 1.39 bits per heavy atom. The number of rotatable bonds is 4. The first-order valence-electron chi connectivity index (χ1n) is 5.75. The third-order valence-electron chi connectivity index (χ3n) is 2.51. The summed E-state index contributed by atoms with van der Waals surface area (Å²) < 4.78 is 1.09. The lowest BCUT2D eigenvalue weighted by Gasteiger charge is -2.05. The Morgan fingerprint density at radius 2 is 2.17 bits per heavy atom. The van der Waals surface area contributed by atoms with Crippen molar-refractivity contribution in [2.24, 2.45) is 5.84 Å². The number of aryl methyl sites for hydroxylation is 2. The Labute approximate surface area is 119 Å². The summed E-state index contributed by atoms with van der Waals surface area (Å²) in [4.78, 5) is 11.2. The second-order valence-electron chi connectivity index (χ2n) is 3.98. The molecular formula is C12H15BrN4S. The SMILES string of the molecule is CCCc1cc(NN)nc(-c2cc(Br)c(C)s2)n1. The van der Waals surface area contributed by atoms with Gasteiger partial charge in [0.1, 0.15) is 5.82 Å². The first-order chi connectivity index (χ1) is 8.63. The van der Waals surface area contributed by atoms with Crippen molar-refractivity contribution in [2.75, 3.05) is 5.43 Å². The number of nitrogens with one attached hydrogen (secondary N) is 1. The lowest BCUT2D eigenvalue weighted by atomic mass is 10.2. The van der Waals surface area contributed by atoms with Gasteiger partial charge in [0.15, 0.2) is 5.82 Å². The number of aromatic nitrogens is 2. The summed E-state index contributed by atoms with van der Waals surface area (Å²) in [6.45, 7) is 4.19. The molecule has 2 rings (SSSR count). The number of halogens is 1. The molecule has 0 spiro atoms. The highest BCUT2D eigenvalue weighted by Crippen LogP contribution is 2.32. The largest absolute Gasteiger partial charge is 0.308 e. The van der Waals surface area contributed by atoms with E-state index in [0.29, 0.717) is 5.82 Å². The Morgan fingerprint density at radius 3 is 2.72 bits per heavy atom. The van der Waals surface area contributed by atoms with Crippen molar-refractivity contribution in [3.63, 3.8) is 0 Å². The van der Waals surface area contributed by atoms with Crippen LogP contribution in [0.1, 0.15) is 23.9 Å². The summed E-state index contributed by atoms with van der Waals surface area (Å²) in [5.74, 6) is 6.84. The lowest BCUT2D eigenvalue weighted by Crippen LogP contribution is -2.10. The minimum atomic E-state index is 0.658. The van der Waals surface area contributed by atoms with E-state index in [9.17, 15) is 0 Å². The minimum absolute atomic E-state index is 0.658. The molecule has 18 heavy (non-hydrogen) atoms. The van der Waals surface area contributed by atoms with Crippen LogP contribution in [0, 0.1) is 6.92 Å². The van der Waals surface area contributed by atoms with E-state index in [1.54, 1.807) is 11.3 Å². The summed E-state index contributed by atoms with van der Waals surface area (Å²) in [5.41, 5.74) is 3.61. The molecule has 0 aliphatic carbocycles. The number of nitrogens with two attached hydrogens (primary N) is 1. The number of hydrogen-bond acceptors (Lipinski definition) is 5. The Hall–Kier alpha value is -0.980. The molecule has 2 aromatic rings. The maximum atomic E-state index is 5.45. The molecule has 0 radical (unpaired) electrons.